The van der Waals surface area contributed by atoms with Crippen molar-refractivity contribution in [2.45, 2.75) is 37.6 Å². The lowest BCUT2D eigenvalue weighted by Gasteiger charge is -2.39. The van der Waals surface area contributed by atoms with E-state index in [1.165, 1.54) is 0 Å². The second-order valence-electron chi connectivity index (χ2n) is 8.06. The minimum atomic E-state index is 0.195. The number of anilines is 1. The third-order valence-electron chi connectivity index (χ3n) is 5.93. The van der Waals surface area contributed by atoms with Gasteiger partial charge in [0.05, 0.1) is 18.8 Å². The summed E-state index contributed by atoms with van der Waals surface area (Å²) >= 11 is 0. The molecule has 1 N–H and O–H groups in total. The third-order valence-corrected chi connectivity index (χ3v) is 6.56. The number of piperazine rings is 1. The number of rotatable bonds is 4. The van der Waals surface area contributed by atoms with Crippen molar-refractivity contribution in [3.05, 3.63) is 17.5 Å². The molecule has 2 atom stereocenters. The molecule has 4 heterocycles. The average molecular weight is 406 g/mol. The zero-order valence-electron chi connectivity index (χ0n) is 16.6. The van der Waals surface area contributed by atoms with Gasteiger partial charge in [-0.05, 0) is 31.9 Å². The highest BCUT2D eigenvalue weighted by atomic mass is 31.0. The molecular weight excluding hydrogens is 375 g/mol. The molecule has 0 aliphatic carbocycles. The first-order chi connectivity index (χ1) is 13.6. The SMILES string of the molecule is CN1CCN(CC(=O)N2CCc3cnc(NC4CCOCC4)nc3C2)[C@@H](P)C1. The number of carbonyl (C=O) groups excluding carboxylic acids is 1. The molecule has 0 radical (unpaired) electrons. The fourth-order valence-corrected chi connectivity index (χ4v) is 4.69. The molecule has 0 spiro atoms. The van der Waals surface area contributed by atoms with E-state index in [-0.39, 0.29) is 5.91 Å². The summed E-state index contributed by atoms with van der Waals surface area (Å²) in [5.41, 5.74) is 2.13. The Morgan fingerprint density at radius 1 is 1.32 bits per heavy atom. The molecule has 8 nitrogen and oxygen atoms in total. The van der Waals surface area contributed by atoms with Crippen molar-refractivity contribution < 1.29 is 9.53 Å². The number of likely N-dealkylation sites (N-methyl/N-ethyl adjacent to an activating group) is 1. The lowest BCUT2D eigenvalue weighted by Crippen LogP contribution is -2.52. The van der Waals surface area contributed by atoms with Crippen LogP contribution in [0.25, 0.3) is 0 Å². The summed E-state index contributed by atoms with van der Waals surface area (Å²) in [5.74, 6) is 1.20. The molecule has 2 saturated heterocycles. The van der Waals surface area contributed by atoms with E-state index in [4.69, 9.17) is 9.72 Å². The standard InChI is InChI=1S/C19H31N6O2P/c1-23-6-7-25(18(28)13-23)12-17(26)24-5-2-14-10-20-19(22-16(14)11-24)21-15-3-8-27-9-4-15/h10,15,18H,2-9,11-13,28H2,1H3,(H,20,21,22)/t18-/m0/s1. The molecule has 4 rings (SSSR count). The van der Waals surface area contributed by atoms with Crippen LogP contribution in [0, 0.1) is 0 Å². The van der Waals surface area contributed by atoms with Gasteiger partial charge in [-0.2, -0.15) is 0 Å². The Kier molecular flexibility index (Phi) is 6.41. The molecule has 0 bridgehead atoms. The summed E-state index contributed by atoms with van der Waals surface area (Å²) < 4.78 is 5.41. The van der Waals surface area contributed by atoms with Gasteiger partial charge in [-0.3, -0.25) is 9.69 Å². The normalized spacial score (nSPS) is 24.8. The minimum absolute atomic E-state index is 0.195. The summed E-state index contributed by atoms with van der Waals surface area (Å²) in [7, 11) is 5.00. The summed E-state index contributed by atoms with van der Waals surface area (Å²) in [4.78, 5) is 28.6. The van der Waals surface area contributed by atoms with E-state index in [9.17, 15) is 4.79 Å². The van der Waals surface area contributed by atoms with E-state index in [1.807, 2.05) is 11.1 Å². The molecule has 0 saturated carbocycles. The van der Waals surface area contributed by atoms with Crippen molar-refractivity contribution in [2.24, 2.45) is 0 Å². The Balaban J connectivity index is 1.36. The number of carbonyl (C=O) groups is 1. The molecule has 2 fully saturated rings. The lowest BCUT2D eigenvalue weighted by molar-refractivity contribution is -0.134. The largest absolute Gasteiger partial charge is 0.381 e. The Labute approximate surface area is 169 Å². The van der Waals surface area contributed by atoms with Crippen molar-refractivity contribution in [2.75, 3.05) is 58.3 Å². The maximum Gasteiger partial charge on any atom is 0.237 e. The highest BCUT2D eigenvalue weighted by molar-refractivity contribution is 7.17. The topological polar surface area (TPSA) is 73.8 Å². The van der Waals surface area contributed by atoms with E-state index in [2.05, 4.69) is 36.4 Å². The van der Waals surface area contributed by atoms with Crippen LogP contribution in [0.3, 0.4) is 0 Å². The van der Waals surface area contributed by atoms with Crippen LogP contribution in [0.1, 0.15) is 24.1 Å². The van der Waals surface area contributed by atoms with E-state index >= 15 is 0 Å². The predicted octanol–water partition coefficient (Wildman–Crippen LogP) is 0.401. The van der Waals surface area contributed by atoms with Gasteiger partial charge in [-0.1, -0.05) is 0 Å². The summed E-state index contributed by atoms with van der Waals surface area (Å²) in [6, 6.07) is 0.365. The number of hydrogen-bond donors (Lipinski definition) is 1. The molecular formula is C19H31N6O2P. The number of nitrogens with zero attached hydrogens (tertiary/aromatic N) is 5. The van der Waals surface area contributed by atoms with Crippen LogP contribution in [0.4, 0.5) is 5.95 Å². The second-order valence-corrected chi connectivity index (χ2v) is 8.83. The average Bonchev–Trinajstić information content (AvgIpc) is 2.70. The maximum atomic E-state index is 12.9. The summed E-state index contributed by atoms with van der Waals surface area (Å²) in [5, 5.41) is 3.43. The fraction of sp³-hybridized carbons (Fsp3) is 0.737. The number of hydrogen-bond acceptors (Lipinski definition) is 7. The quantitative estimate of drug-likeness (QED) is 0.726. The van der Waals surface area contributed by atoms with Gasteiger partial charge in [0.15, 0.2) is 0 Å². The van der Waals surface area contributed by atoms with Crippen LogP contribution in [-0.2, 0) is 22.5 Å². The first kappa shape index (κ1) is 20.0. The van der Waals surface area contributed by atoms with Crippen molar-refractivity contribution in [3.63, 3.8) is 0 Å². The Hall–Kier alpha value is -1.34. The fourth-order valence-electron chi connectivity index (χ4n) is 4.07. The van der Waals surface area contributed by atoms with E-state index in [1.54, 1.807) is 0 Å². The van der Waals surface area contributed by atoms with Crippen molar-refractivity contribution >= 4 is 21.1 Å². The van der Waals surface area contributed by atoms with Gasteiger partial charge in [-0.25, -0.2) is 9.97 Å². The highest BCUT2D eigenvalue weighted by Crippen LogP contribution is 2.20. The Morgan fingerprint density at radius 3 is 2.93 bits per heavy atom. The number of fused-ring (bicyclic) bond motifs is 1. The van der Waals surface area contributed by atoms with Gasteiger partial charge in [0.2, 0.25) is 11.9 Å². The van der Waals surface area contributed by atoms with E-state index in [0.717, 1.165) is 69.9 Å². The molecule has 1 unspecified atom stereocenters. The number of amides is 1. The molecule has 154 valence electrons. The third kappa shape index (κ3) is 4.79. The van der Waals surface area contributed by atoms with Gasteiger partial charge < -0.3 is 19.9 Å². The molecule has 1 aromatic rings. The smallest absolute Gasteiger partial charge is 0.237 e. The predicted molar refractivity (Wildman–Crippen MR) is 111 cm³/mol. The molecule has 1 amide bonds. The van der Waals surface area contributed by atoms with Gasteiger partial charge in [0.1, 0.15) is 0 Å². The number of nitrogens with one attached hydrogen (secondary N) is 1. The van der Waals surface area contributed by atoms with Crippen LogP contribution < -0.4 is 5.32 Å². The lowest BCUT2D eigenvalue weighted by atomic mass is 10.1. The van der Waals surface area contributed by atoms with Crippen LogP contribution >= 0.6 is 9.24 Å². The molecule has 1 aromatic heterocycles. The molecule has 28 heavy (non-hydrogen) atoms. The zero-order chi connectivity index (χ0) is 19.5. The van der Waals surface area contributed by atoms with Gasteiger partial charge in [-0.15, -0.1) is 9.24 Å². The van der Waals surface area contributed by atoms with E-state index < -0.39 is 0 Å². The van der Waals surface area contributed by atoms with Crippen LogP contribution in [0.15, 0.2) is 6.20 Å². The van der Waals surface area contributed by atoms with E-state index in [0.29, 0.717) is 30.9 Å². The monoisotopic (exact) mass is 406 g/mol. The van der Waals surface area contributed by atoms with Crippen molar-refractivity contribution in [1.82, 2.24) is 24.7 Å². The van der Waals surface area contributed by atoms with Crippen LogP contribution in [0.5, 0.6) is 0 Å². The maximum absolute atomic E-state index is 12.9. The van der Waals surface area contributed by atoms with Crippen molar-refractivity contribution in [3.8, 4) is 0 Å². The second kappa shape index (κ2) is 8.99. The van der Waals surface area contributed by atoms with Gasteiger partial charge in [0, 0.05) is 57.4 Å². The Bertz CT molecular complexity index is 699. The molecule has 9 heteroatoms. The summed E-state index contributed by atoms with van der Waals surface area (Å²) in [6.07, 6.45) is 4.70. The van der Waals surface area contributed by atoms with Gasteiger partial charge in [0.25, 0.3) is 0 Å². The first-order valence-electron chi connectivity index (χ1n) is 10.2. The minimum Gasteiger partial charge on any atom is -0.381 e. The van der Waals surface area contributed by atoms with Crippen LogP contribution in [0.2, 0.25) is 0 Å². The number of ether oxygens (including phenoxy) is 1. The molecule has 3 aliphatic rings. The highest BCUT2D eigenvalue weighted by Gasteiger charge is 2.28. The van der Waals surface area contributed by atoms with Gasteiger partial charge >= 0.3 is 0 Å². The van der Waals surface area contributed by atoms with Crippen molar-refractivity contribution in [1.29, 1.82) is 0 Å². The first-order valence-corrected chi connectivity index (χ1v) is 10.9. The molecule has 3 aliphatic heterocycles. The van der Waals surface area contributed by atoms with Crippen LogP contribution in [-0.4, -0.2) is 95.4 Å². The Morgan fingerprint density at radius 2 is 2.14 bits per heavy atom. The molecule has 0 aromatic carbocycles. The summed E-state index contributed by atoms with van der Waals surface area (Å²) in [6.45, 7) is 6.30. The number of aromatic nitrogens is 2. The zero-order valence-corrected chi connectivity index (χ0v) is 17.8.